The smallest absolute Gasteiger partial charge is 0.227 e. The van der Waals surface area contributed by atoms with Crippen molar-refractivity contribution in [3.05, 3.63) is 77.9 Å². The molecule has 0 radical (unpaired) electrons. The van der Waals surface area contributed by atoms with Crippen LogP contribution in [0, 0.1) is 11.3 Å². The number of hydrogen-bond donors (Lipinski definition) is 0. The Balaban J connectivity index is 1.23. The highest BCUT2D eigenvalue weighted by molar-refractivity contribution is 5.82. The Morgan fingerprint density at radius 3 is 2.21 bits per heavy atom. The summed E-state index contributed by atoms with van der Waals surface area (Å²) in [6.45, 7) is 3.00. The molecule has 0 bridgehead atoms. The van der Waals surface area contributed by atoms with Gasteiger partial charge >= 0.3 is 0 Å². The van der Waals surface area contributed by atoms with Crippen molar-refractivity contribution in [3.63, 3.8) is 0 Å². The van der Waals surface area contributed by atoms with Gasteiger partial charge in [-0.2, -0.15) is 5.26 Å². The SMILES string of the molecule is CCCCCCCCCCCCOc1ccc2nc(-c3ccc(N=Cc4ccc(C#N)cc4)cc3)oc2c1. The minimum atomic E-state index is 0.578. The lowest BCUT2D eigenvalue weighted by atomic mass is 10.1. The number of fused-ring (bicyclic) bond motifs is 1. The van der Waals surface area contributed by atoms with Gasteiger partial charge in [0.25, 0.3) is 0 Å². The van der Waals surface area contributed by atoms with Gasteiger partial charge in [-0.05, 0) is 60.5 Å². The standard InChI is InChI=1S/C33H37N3O2/c1-2-3-4-5-6-7-8-9-10-11-22-37-30-20-21-31-32(23-30)38-33(36-31)28-16-18-29(19-17-28)35-25-27-14-12-26(24-34)13-15-27/h12-21,23,25H,2-11,22H2,1H3. The summed E-state index contributed by atoms with van der Waals surface area (Å²) in [5, 5.41) is 8.91. The first-order chi connectivity index (χ1) is 18.7. The molecular weight excluding hydrogens is 470 g/mol. The van der Waals surface area contributed by atoms with E-state index in [-0.39, 0.29) is 0 Å². The molecule has 0 amide bonds. The number of rotatable bonds is 15. The van der Waals surface area contributed by atoms with Gasteiger partial charge in [-0.3, -0.25) is 4.99 Å². The molecular formula is C33H37N3O2. The number of aliphatic imine (C=N–C) groups is 1. The molecule has 0 spiro atoms. The zero-order valence-electron chi connectivity index (χ0n) is 22.4. The van der Waals surface area contributed by atoms with Gasteiger partial charge in [0.05, 0.1) is 23.9 Å². The van der Waals surface area contributed by atoms with Gasteiger partial charge in [0.1, 0.15) is 11.3 Å². The molecule has 5 nitrogen and oxygen atoms in total. The van der Waals surface area contributed by atoms with Gasteiger partial charge < -0.3 is 9.15 Å². The summed E-state index contributed by atoms with van der Waals surface area (Å²) in [5.41, 5.74) is 4.84. The molecule has 0 aliphatic heterocycles. The molecule has 1 heterocycles. The molecule has 4 aromatic rings. The van der Waals surface area contributed by atoms with Crippen LogP contribution in [0.25, 0.3) is 22.6 Å². The number of aromatic nitrogens is 1. The maximum absolute atomic E-state index is 8.91. The van der Waals surface area contributed by atoms with Crippen LogP contribution in [0.4, 0.5) is 5.69 Å². The van der Waals surface area contributed by atoms with E-state index < -0.39 is 0 Å². The van der Waals surface area contributed by atoms with E-state index in [1.807, 2.05) is 54.6 Å². The number of oxazole rings is 1. The monoisotopic (exact) mass is 507 g/mol. The van der Waals surface area contributed by atoms with Crippen molar-refractivity contribution in [2.45, 2.75) is 71.1 Å². The third kappa shape index (κ3) is 8.31. The highest BCUT2D eigenvalue weighted by atomic mass is 16.5. The van der Waals surface area contributed by atoms with E-state index >= 15 is 0 Å². The molecule has 0 saturated heterocycles. The molecule has 38 heavy (non-hydrogen) atoms. The van der Waals surface area contributed by atoms with Crippen molar-refractivity contribution in [1.29, 1.82) is 5.26 Å². The number of benzene rings is 3. The zero-order valence-corrected chi connectivity index (χ0v) is 22.4. The quantitative estimate of drug-likeness (QED) is 0.119. The van der Waals surface area contributed by atoms with Crippen LogP contribution in [0.5, 0.6) is 5.75 Å². The normalized spacial score (nSPS) is 11.3. The van der Waals surface area contributed by atoms with Crippen LogP contribution in [0.3, 0.4) is 0 Å². The molecule has 0 aliphatic carbocycles. The van der Waals surface area contributed by atoms with Crippen LogP contribution in [0.15, 0.2) is 76.1 Å². The van der Waals surface area contributed by atoms with Crippen molar-refractivity contribution in [2.24, 2.45) is 4.99 Å². The highest BCUT2D eigenvalue weighted by Gasteiger charge is 2.09. The molecule has 3 aromatic carbocycles. The van der Waals surface area contributed by atoms with Crippen LogP contribution in [0.1, 0.15) is 82.3 Å². The Hall–Kier alpha value is -3.91. The fourth-order valence-electron chi connectivity index (χ4n) is 4.38. The second-order valence-electron chi connectivity index (χ2n) is 9.72. The lowest BCUT2D eigenvalue weighted by Gasteiger charge is -2.06. The first kappa shape index (κ1) is 27.1. The molecule has 1 aromatic heterocycles. The Morgan fingerprint density at radius 2 is 1.53 bits per heavy atom. The molecule has 0 fully saturated rings. The van der Waals surface area contributed by atoms with E-state index in [4.69, 9.17) is 14.4 Å². The summed E-state index contributed by atoms with van der Waals surface area (Å²) in [5.74, 6) is 1.40. The van der Waals surface area contributed by atoms with Crippen molar-refractivity contribution >= 4 is 23.0 Å². The summed E-state index contributed by atoms with van der Waals surface area (Å²) in [4.78, 5) is 9.15. The molecule has 5 heteroatoms. The topological polar surface area (TPSA) is 71.4 Å². The predicted molar refractivity (Wildman–Crippen MR) is 155 cm³/mol. The largest absolute Gasteiger partial charge is 0.493 e. The Morgan fingerprint density at radius 1 is 0.842 bits per heavy atom. The lowest BCUT2D eigenvalue weighted by Crippen LogP contribution is -1.97. The predicted octanol–water partition coefficient (Wildman–Crippen LogP) is 9.42. The van der Waals surface area contributed by atoms with Crippen molar-refractivity contribution < 1.29 is 9.15 Å². The molecule has 0 N–H and O–H groups in total. The number of nitriles is 1. The van der Waals surface area contributed by atoms with Crippen LogP contribution in [-0.4, -0.2) is 17.8 Å². The average Bonchev–Trinajstić information content (AvgIpc) is 3.39. The van der Waals surface area contributed by atoms with Gasteiger partial charge in [0, 0.05) is 17.8 Å². The minimum Gasteiger partial charge on any atom is -0.493 e. The van der Waals surface area contributed by atoms with E-state index in [1.165, 1.54) is 57.8 Å². The Bertz CT molecular complexity index is 1330. The van der Waals surface area contributed by atoms with E-state index in [9.17, 15) is 0 Å². The van der Waals surface area contributed by atoms with Crippen molar-refractivity contribution in [1.82, 2.24) is 4.98 Å². The van der Waals surface area contributed by atoms with Gasteiger partial charge in [-0.1, -0.05) is 76.8 Å². The maximum atomic E-state index is 8.91. The molecule has 4 rings (SSSR count). The third-order valence-electron chi connectivity index (χ3n) is 6.64. The van der Waals surface area contributed by atoms with E-state index in [0.717, 1.165) is 46.7 Å². The van der Waals surface area contributed by atoms with Crippen LogP contribution < -0.4 is 4.74 Å². The summed E-state index contributed by atoms with van der Waals surface area (Å²) in [6, 6.07) is 23.1. The van der Waals surface area contributed by atoms with Gasteiger partial charge in [0.15, 0.2) is 5.58 Å². The van der Waals surface area contributed by atoms with Crippen molar-refractivity contribution in [2.75, 3.05) is 6.61 Å². The lowest BCUT2D eigenvalue weighted by molar-refractivity contribution is 0.304. The van der Waals surface area contributed by atoms with E-state index in [1.54, 1.807) is 18.3 Å². The molecule has 0 saturated carbocycles. The molecule has 0 aliphatic rings. The van der Waals surface area contributed by atoms with Crippen molar-refractivity contribution in [3.8, 4) is 23.3 Å². The highest BCUT2D eigenvalue weighted by Crippen LogP contribution is 2.28. The van der Waals surface area contributed by atoms with Gasteiger partial charge in [-0.15, -0.1) is 0 Å². The molecule has 196 valence electrons. The maximum Gasteiger partial charge on any atom is 0.227 e. The summed E-state index contributed by atoms with van der Waals surface area (Å²) in [7, 11) is 0. The second kappa shape index (κ2) is 14.7. The minimum absolute atomic E-state index is 0.578. The molecule has 0 atom stereocenters. The van der Waals surface area contributed by atoms with Gasteiger partial charge in [-0.25, -0.2) is 4.98 Å². The summed E-state index contributed by atoms with van der Waals surface area (Å²) < 4.78 is 12.0. The fraction of sp³-hybridized carbons (Fsp3) is 0.364. The number of unbranched alkanes of at least 4 members (excludes halogenated alkanes) is 9. The average molecular weight is 508 g/mol. The van der Waals surface area contributed by atoms with Gasteiger partial charge in [0.2, 0.25) is 5.89 Å². The third-order valence-corrected chi connectivity index (χ3v) is 6.64. The number of nitrogens with zero attached hydrogens (tertiary/aromatic N) is 3. The van der Waals surface area contributed by atoms with Crippen LogP contribution >= 0.6 is 0 Å². The van der Waals surface area contributed by atoms with Crippen LogP contribution in [0.2, 0.25) is 0 Å². The van der Waals surface area contributed by atoms with Crippen LogP contribution in [-0.2, 0) is 0 Å². The molecule has 0 unspecified atom stereocenters. The first-order valence-corrected chi connectivity index (χ1v) is 13.9. The zero-order chi connectivity index (χ0) is 26.4. The summed E-state index contributed by atoms with van der Waals surface area (Å²) >= 11 is 0. The number of hydrogen-bond acceptors (Lipinski definition) is 5. The Labute approximate surface area is 226 Å². The Kier molecular flexibility index (Phi) is 10.5. The second-order valence-corrected chi connectivity index (χ2v) is 9.72. The fourth-order valence-corrected chi connectivity index (χ4v) is 4.38. The first-order valence-electron chi connectivity index (χ1n) is 13.9. The van der Waals surface area contributed by atoms with E-state index in [2.05, 4.69) is 23.0 Å². The summed E-state index contributed by atoms with van der Waals surface area (Å²) in [6.07, 6.45) is 14.9. The van der Waals surface area contributed by atoms with E-state index in [0.29, 0.717) is 11.5 Å². The number of ether oxygens (including phenoxy) is 1.